The number of rotatable bonds is 6. The summed E-state index contributed by atoms with van der Waals surface area (Å²) in [7, 11) is 0. The van der Waals surface area contributed by atoms with Crippen LogP contribution in [-0.2, 0) is 14.3 Å². The molecule has 0 aliphatic carbocycles. The predicted molar refractivity (Wildman–Crippen MR) is 112 cm³/mol. The van der Waals surface area contributed by atoms with E-state index in [0.717, 1.165) is 35.1 Å². The summed E-state index contributed by atoms with van der Waals surface area (Å²) in [5.74, 6) is -0.283. The van der Waals surface area contributed by atoms with Gasteiger partial charge >= 0.3 is 5.97 Å². The number of carbonyl (C=O) groups is 3. The number of thioether (sulfide) groups is 1. The van der Waals surface area contributed by atoms with Crippen molar-refractivity contribution in [2.45, 2.75) is 13.8 Å². The Morgan fingerprint density at radius 3 is 2.40 bits per heavy atom. The van der Waals surface area contributed by atoms with Crippen LogP contribution in [0.5, 0.6) is 5.75 Å². The molecule has 1 saturated heterocycles. The smallest absolute Gasteiger partial charge is 0.326 e. The van der Waals surface area contributed by atoms with Crippen molar-refractivity contribution >= 4 is 80.1 Å². The Morgan fingerprint density at radius 2 is 1.84 bits per heavy atom. The van der Waals surface area contributed by atoms with Crippen molar-refractivity contribution in [2.24, 2.45) is 0 Å². The van der Waals surface area contributed by atoms with E-state index in [1.165, 1.54) is 0 Å². The summed E-state index contributed by atoms with van der Waals surface area (Å²) in [5.41, 5.74) is 0.791. The van der Waals surface area contributed by atoms with Gasteiger partial charge in [0.15, 0.2) is 0 Å². The first-order valence-electron chi connectivity index (χ1n) is 7.40. The number of hydrogen-bond donors (Lipinski definition) is 0. The molecule has 0 radical (unpaired) electrons. The lowest BCUT2D eigenvalue weighted by atomic mass is 10.2. The van der Waals surface area contributed by atoms with Crippen LogP contribution in [0.3, 0.4) is 0 Å². The highest BCUT2D eigenvalue weighted by Gasteiger charge is 2.36. The van der Waals surface area contributed by atoms with Crippen LogP contribution in [0, 0.1) is 7.14 Å². The normalized spacial score (nSPS) is 15.8. The first-order valence-corrected chi connectivity index (χ1v) is 10.4. The Kier molecular flexibility index (Phi) is 7.55. The van der Waals surface area contributed by atoms with Gasteiger partial charge in [0.05, 0.1) is 25.3 Å². The first kappa shape index (κ1) is 20.5. The summed E-state index contributed by atoms with van der Waals surface area (Å²) in [6.45, 7) is 3.99. The molecule has 0 bridgehead atoms. The minimum atomic E-state index is -0.601. The van der Waals surface area contributed by atoms with E-state index >= 15 is 0 Å². The van der Waals surface area contributed by atoms with Gasteiger partial charge in [0.1, 0.15) is 12.3 Å². The topological polar surface area (TPSA) is 72.9 Å². The number of hydrogen-bond acceptors (Lipinski definition) is 6. The average Bonchev–Trinajstić information content (AvgIpc) is 2.79. The van der Waals surface area contributed by atoms with Gasteiger partial charge in [0.25, 0.3) is 11.1 Å². The molecule has 1 fully saturated rings. The molecule has 0 aromatic heterocycles. The molecule has 2 rings (SSSR count). The van der Waals surface area contributed by atoms with Gasteiger partial charge in [-0.1, -0.05) is 0 Å². The molecule has 25 heavy (non-hydrogen) atoms. The summed E-state index contributed by atoms with van der Waals surface area (Å²) < 4.78 is 12.2. The maximum atomic E-state index is 12.4. The lowest BCUT2D eigenvalue weighted by Gasteiger charge is -2.11. The molecule has 1 aromatic carbocycles. The monoisotopic (exact) mass is 587 g/mol. The molecular formula is C16H15I2NO5S. The number of halogens is 2. The molecular weight excluding hydrogens is 572 g/mol. The highest BCUT2D eigenvalue weighted by atomic mass is 127. The fourth-order valence-electron chi connectivity index (χ4n) is 2.07. The highest BCUT2D eigenvalue weighted by molar-refractivity contribution is 14.1. The van der Waals surface area contributed by atoms with Gasteiger partial charge in [-0.3, -0.25) is 19.3 Å². The van der Waals surface area contributed by atoms with Gasteiger partial charge < -0.3 is 9.47 Å². The van der Waals surface area contributed by atoms with Crippen LogP contribution >= 0.6 is 56.9 Å². The molecule has 134 valence electrons. The first-order chi connectivity index (χ1) is 11.9. The largest absolute Gasteiger partial charge is 0.492 e. The van der Waals surface area contributed by atoms with E-state index in [1.807, 2.05) is 19.1 Å². The van der Waals surface area contributed by atoms with E-state index in [4.69, 9.17) is 9.47 Å². The van der Waals surface area contributed by atoms with Crippen molar-refractivity contribution in [2.75, 3.05) is 19.8 Å². The summed E-state index contributed by atoms with van der Waals surface area (Å²) in [4.78, 5) is 37.1. The summed E-state index contributed by atoms with van der Waals surface area (Å²) in [6.07, 6.45) is 1.65. The van der Waals surface area contributed by atoms with Crippen LogP contribution in [0.2, 0.25) is 0 Å². The summed E-state index contributed by atoms with van der Waals surface area (Å²) in [6, 6.07) is 3.76. The summed E-state index contributed by atoms with van der Waals surface area (Å²) in [5, 5.41) is -0.473. The van der Waals surface area contributed by atoms with Crippen LogP contribution in [0.4, 0.5) is 4.79 Å². The van der Waals surface area contributed by atoms with Gasteiger partial charge in [-0.25, -0.2) is 0 Å². The lowest BCUT2D eigenvalue weighted by molar-refractivity contribution is -0.145. The van der Waals surface area contributed by atoms with E-state index in [0.29, 0.717) is 6.61 Å². The second-order valence-corrected chi connectivity index (χ2v) is 8.14. The third kappa shape index (κ3) is 5.09. The average molecular weight is 587 g/mol. The van der Waals surface area contributed by atoms with Crippen LogP contribution in [0.1, 0.15) is 19.4 Å². The summed E-state index contributed by atoms with van der Waals surface area (Å²) >= 11 is 5.16. The van der Waals surface area contributed by atoms with E-state index in [-0.39, 0.29) is 18.1 Å². The van der Waals surface area contributed by atoms with Gasteiger partial charge in [0, 0.05) is 0 Å². The predicted octanol–water partition coefficient (Wildman–Crippen LogP) is 3.89. The zero-order valence-electron chi connectivity index (χ0n) is 13.5. The van der Waals surface area contributed by atoms with Crippen LogP contribution in [-0.4, -0.2) is 41.8 Å². The maximum absolute atomic E-state index is 12.4. The van der Waals surface area contributed by atoms with Gasteiger partial charge in [0.2, 0.25) is 0 Å². The van der Waals surface area contributed by atoms with Crippen molar-refractivity contribution in [1.82, 2.24) is 4.90 Å². The van der Waals surface area contributed by atoms with Gasteiger partial charge in [-0.15, -0.1) is 0 Å². The Hall–Kier alpha value is -0.820. The second-order valence-electron chi connectivity index (χ2n) is 4.82. The Labute approximate surface area is 177 Å². The van der Waals surface area contributed by atoms with Crippen molar-refractivity contribution in [3.63, 3.8) is 0 Å². The van der Waals surface area contributed by atoms with Crippen LogP contribution in [0.25, 0.3) is 6.08 Å². The van der Waals surface area contributed by atoms with E-state index in [2.05, 4.69) is 45.2 Å². The zero-order chi connectivity index (χ0) is 18.6. The molecule has 1 aromatic rings. The van der Waals surface area contributed by atoms with Crippen LogP contribution in [0.15, 0.2) is 17.0 Å². The Balaban J connectivity index is 2.23. The molecule has 0 N–H and O–H groups in total. The quantitative estimate of drug-likeness (QED) is 0.286. The molecule has 1 aliphatic rings. The van der Waals surface area contributed by atoms with E-state index in [1.54, 1.807) is 13.0 Å². The van der Waals surface area contributed by atoms with Gasteiger partial charge in [-0.05, 0) is 94.6 Å². The van der Waals surface area contributed by atoms with Crippen LogP contribution < -0.4 is 4.74 Å². The number of carbonyl (C=O) groups excluding carboxylic acids is 3. The maximum Gasteiger partial charge on any atom is 0.326 e. The third-order valence-electron chi connectivity index (χ3n) is 3.07. The molecule has 1 aliphatic heterocycles. The molecule has 2 amide bonds. The number of imide groups is 1. The van der Waals surface area contributed by atoms with Crippen molar-refractivity contribution < 1.29 is 23.9 Å². The fraction of sp³-hybridized carbons (Fsp3) is 0.312. The van der Waals surface area contributed by atoms with E-state index in [9.17, 15) is 14.4 Å². The second kappa shape index (κ2) is 9.21. The number of nitrogens with zero attached hydrogens (tertiary/aromatic N) is 1. The fourth-order valence-corrected chi connectivity index (χ4v) is 5.03. The molecule has 0 unspecified atom stereocenters. The molecule has 0 spiro atoms. The molecule has 1 heterocycles. The van der Waals surface area contributed by atoms with Crippen molar-refractivity contribution in [3.05, 3.63) is 29.7 Å². The Bertz CT molecular complexity index is 727. The number of esters is 1. The molecule has 0 saturated carbocycles. The van der Waals surface area contributed by atoms with Crippen molar-refractivity contribution in [3.8, 4) is 5.75 Å². The molecule has 0 atom stereocenters. The highest BCUT2D eigenvalue weighted by Crippen LogP contribution is 2.34. The third-order valence-corrected chi connectivity index (χ3v) is 5.58. The van der Waals surface area contributed by atoms with Crippen molar-refractivity contribution in [1.29, 1.82) is 0 Å². The lowest BCUT2D eigenvalue weighted by Crippen LogP contribution is -2.34. The Morgan fingerprint density at radius 1 is 1.20 bits per heavy atom. The minimum Gasteiger partial charge on any atom is -0.492 e. The standard InChI is InChI=1S/C16H15I2NO5S/c1-3-23-13(20)8-19-15(21)12(25-16(19)22)7-9-5-10(17)14(24-4-2)11(18)6-9/h5-7H,3-4,8H2,1-2H3/b12-7+. The van der Waals surface area contributed by atoms with Gasteiger partial charge in [-0.2, -0.15) is 0 Å². The minimum absolute atomic E-state index is 0.202. The molecule has 9 heteroatoms. The number of amides is 2. The number of benzene rings is 1. The zero-order valence-corrected chi connectivity index (χ0v) is 18.6. The molecule has 6 nitrogen and oxygen atoms in total. The van der Waals surface area contributed by atoms with E-state index < -0.39 is 17.1 Å². The SMILES string of the molecule is CCOC(=O)CN1C(=O)S/C(=C/c2cc(I)c(OCC)c(I)c2)C1=O. The number of ether oxygens (including phenoxy) is 2.